The van der Waals surface area contributed by atoms with Gasteiger partial charge in [0.25, 0.3) is 5.69 Å². The Labute approximate surface area is 157 Å². The van der Waals surface area contributed by atoms with Gasteiger partial charge in [-0.15, -0.1) is 0 Å². The number of nitrogens with zero attached hydrogens (tertiary/aromatic N) is 4. The van der Waals surface area contributed by atoms with E-state index in [0.717, 1.165) is 49.7 Å². The number of aryl methyl sites for hydroxylation is 2. The molecule has 9 nitrogen and oxygen atoms in total. The highest BCUT2D eigenvalue weighted by atomic mass is 16.6. The van der Waals surface area contributed by atoms with E-state index in [2.05, 4.69) is 15.4 Å². The fourth-order valence-corrected chi connectivity index (χ4v) is 3.12. The van der Waals surface area contributed by atoms with Gasteiger partial charge in [0.05, 0.1) is 17.2 Å². The molecule has 1 saturated heterocycles. The summed E-state index contributed by atoms with van der Waals surface area (Å²) in [6, 6.07) is 6.70. The van der Waals surface area contributed by atoms with E-state index in [9.17, 15) is 14.9 Å². The molecule has 1 aromatic heterocycles. The van der Waals surface area contributed by atoms with Crippen LogP contribution in [0, 0.1) is 24.0 Å². The van der Waals surface area contributed by atoms with Crippen molar-refractivity contribution < 1.29 is 14.2 Å². The molecule has 3 rings (SSSR count). The number of piperazine rings is 1. The highest BCUT2D eigenvalue weighted by Crippen LogP contribution is 2.25. The normalized spacial score (nSPS) is 15.6. The second-order valence-corrected chi connectivity index (χ2v) is 6.81. The SMILES string of the molecule is Cc1ccc(NC(=O)CN2CCN(Cc3cc(C)on3)CC2)c([N+](=O)[O-])c1. The summed E-state index contributed by atoms with van der Waals surface area (Å²) in [5.41, 5.74) is 1.83. The standard InChI is InChI=1S/C18H23N5O4/c1-13-3-4-16(17(9-13)23(25)26)19-18(24)12-22-7-5-21(6-8-22)11-15-10-14(2)27-20-15/h3-4,9-10H,5-8,11-12H2,1-2H3,(H,19,24). The van der Waals surface area contributed by atoms with E-state index in [1.165, 1.54) is 6.07 Å². The molecule has 0 atom stereocenters. The molecule has 0 radical (unpaired) electrons. The van der Waals surface area contributed by atoms with Crippen molar-refractivity contribution in [2.24, 2.45) is 0 Å². The van der Waals surface area contributed by atoms with Crippen molar-refractivity contribution in [3.8, 4) is 0 Å². The van der Waals surface area contributed by atoms with Crippen LogP contribution in [0.5, 0.6) is 0 Å². The van der Waals surface area contributed by atoms with Gasteiger partial charge in [-0.3, -0.25) is 24.7 Å². The Hall–Kier alpha value is -2.78. The quantitative estimate of drug-likeness (QED) is 0.609. The summed E-state index contributed by atoms with van der Waals surface area (Å²) >= 11 is 0. The number of nitrogens with one attached hydrogen (secondary N) is 1. The maximum Gasteiger partial charge on any atom is 0.293 e. The van der Waals surface area contributed by atoms with Gasteiger partial charge in [-0.05, 0) is 25.5 Å². The number of carbonyl (C=O) groups is 1. The summed E-state index contributed by atoms with van der Waals surface area (Å²) in [7, 11) is 0. The van der Waals surface area contributed by atoms with Gasteiger partial charge in [-0.1, -0.05) is 11.2 Å². The maximum absolute atomic E-state index is 12.3. The predicted octanol–water partition coefficient (Wildman–Crippen LogP) is 1.96. The van der Waals surface area contributed by atoms with E-state index in [4.69, 9.17) is 4.52 Å². The van der Waals surface area contributed by atoms with Crippen LogP contribution in [0.3, 0.4) is 0 Å². The zero-order valence-corrected chi connectivity index (χ0v) is 15.5. The largest absolute Gasteiger partial charge is 0.361 e. The predicted molar refractivity (Wildman–Crippen MR) is 99.4 cm³/mol. The van der Waals surface area contributed by atoms with Crippen LogP contribution in [0.25, 0.3) is 0 Å². The molecule has 1 N–H and O–H groups in total. The molecule has 0 aliphatic carbocycles. The van der Waals surface area contributed by atoms with Crippen molar-refractivity contribution in [2.75, 3.05) is 38.0 Å². The van der Waals surface area contributed by atoms with E-state index in [1.807, 2.05) is 17.9 Å². The molecule has 27 heavy (non-hydrogen) atoms. The third kappa shape index (κ3) is 5.11. The molecule has 0 spiro atoms. The number of hydrogen-bond acceptors (Lipinski definition) is 7. The van der Waals surface area contributed by atoms with Crippen LogP contribution < -0.4 is 5.32 Å². The summed E-state index contributed by atoms with van der Waals surface area (Å²) < 4.78 is 5.08. The van der Waals surface area contributed by atoms with Crippen molar-refractivity contribution in [2.45, 2.75) is 20.4 Å². The second-order valence-electron chi connectivity index (χ2n) is 6.81. The molecule has 0 saturated carbocycles. The summed E-state index contributed by atoms with van der Waals surface area (Å²) in [6.07, 6.45) is 0. The molecule has 0 bridgehead atoms. The van der Waals surface area contributed by atoms with Gasteiger partial charge >= 0.3 is 0 Å². The minimum atomic E-state index is -0.479. The Morgan fingerprint density at radius 2 is 1.93 bits per heavy atom. The molecule has 1 amide bonds. The molecule has 9 heteroatoms. The van der Waals surface area contributed by atoms with Crippen molar-refractivity contribution in [3.05, 3.63) is 51.4 Å². The third-order valence-corrected chi connectivity index (χ3v) is 4.52. The van der Waals surface area contributed by atoms with Crippen LogP contribution in [0.4, 0.5) is 11.4 Å². The van der Waals surface area contributed by atoms with Crippen molar-refractivity contribution in [1.29, 1.82) is 0 Å². The summed E-state index contributed by atoms with van der Waals surface area (Å²) in [5.74, 6) is 0.549. The zero-order valence-electron chi connectivity index (χ0n) is 15.5. The van der Waals surface area contributed by atoms with E-state index in [1.54, 1.807) is 19.1 Å². The fraction of sp³-hybridized carbons (Fsp3) is 0.444. The number of hydrogen-bond donors (Lipinski definition) is 1. The molecule has 2 aromatic rings. The van der Waals surface area contributed by atoms with Gasteiger partial charge in [-0.2, -0.15) is 0 Å². The van der Waals surface area contributed by atoms with Crippen LogP contribution in [-0.4, -0.2) is 58.5 Å². The van der Waals surface area contributed by atoms with Gasteiger partial charge in [0.15, 0.2) is 0 Å². The van der Waals surface area contributed by atoms with E-state index in [0.29, 0.717) is 0 Å². The van der Waals surface area contributed by atoms with Gasteiger partial charge in [0, 0.05) is 44.9 Å². The first kappa shape index (κ1) is 19.0. The van der Waals surface area contributed by atoms with Crippen LogP contribution in [0.2, 0.25) is 0 Å². The molecule has 144 valence electrons. The number of benzene rings is 1. The monoisotopic (exact) mass is 373 g/mol. The van der Waals surface area contributed by atoms with Crippen LogP contribution in [-0.2, 0) is 11.3 Å². The second kappa shape index (κ2) is 8.28. The smallest absolute Gasteiger partial charge is 0.293 e. The highest BCUT2D eigenvalue weighted by Gasteiger charge is 2.21. The number of anilines is 1. The average molecular weight is 373 g/mol. The first-order valence-corrected chi connectivity index (χ1v) is 8.82. The minimum absolute atomic E-state index is 0.0870. The number of rotatable bonds is 6. The molecular weight excluding hydrogens is 350 g/mol. The molecule has 1 aliphatic rings. The topological polar surface area (TPSA) is 105 Å². The Balaban J connectivity index is 1.49. The lowest BCUT2D eigenvalue weighted by Gasteiger charge is -2.33. The number of nitro groups is 1. The van der Waals surface area contributed by atoms with E-state index in [-0.39, 0.29) is 23.8 Å². The Morgan fingerprint density at radius 1 is 1.22 bits per heavy atom. The number of aromatic nitrogens is 1. The Morgan fingerprint density at radius 3 is 2.56 bits per heavy atom. The van der Waals surface area contributed by atoms with Gasteiger partial charge in [0.1, 0.15) is 11.4 Å². The lowest BCUT2D eigenvalue weighted by molar-refractivity contribution is -0.384. The lowest BCUT2D eigenvalue weighted by Crippen LogP contribution is -2.48. The van der Waals surface area contributed by atoms with E-state index < -0.39 is 4.92 Å². The van der Waals surface area contributed by atoms with Crippen molar-refractivity contribution in [3.63, 3.8) is 0 Å². The van der Waals surface area contributed by atoms with Crippen LogP contribution in [0.1, 0.15) is 17.0 Å². The van der Waals surface area contributed by atoms with Gasteiger partial charge < -0.3 is 9.84 Å². The first-order chi connectivity index (χ1) is 12.9. The number of carbonyl (C=O) groups excluding carboxylic acids is 1. The molecule has 1 aromatic carbocycles. The minimum Gasteiger partial charge on any atom is -0.361 e. The summed E-state index contributed by atoms with van der Waals surface area (Å²) in [6.45, 7) is 7.73. The highest BCUT2D eigenvalue weighted by molar-refractivity contribution is 5.94. The Bertz CT molecular complexity index is 827. The summed E-state index contributed by atoms with van der Waals surface area (Å²) in [5, 5.41) is 17.8. The van der Waals surface area contributed by atoms with Gasteiger partial charge in [-0.25, -0.2) is 0 Å². The molecular formula is C18H23N5O4. The first-order valence-electron chi connectivity index (χ1n) is 8.82. The van der Waals surface area contributed by atoms with Crippen LogP contribution in [0.15, 0.2) is 28.8 Å². The van der Waals surface area contributed by atoms with E-state index >= 15 is 0 Å². The third-order valence-electron chi connectivity index (χ3n) is 4.52. The summed E-state index contributed by atoms with van der Waals surface area (Å²) in [4.78, 5) is 27.3. The maximum atomic E-state index is 12.3. The zero-order chi connectivity index (χ0) is 19.4. The molecule has 1 aliphatic heterocycles. The van der Waals surface area contributed by atoms with Crippen molar-refractivity contribution in [1.82, 2.24) is 15.0 Å². The fourth-order valence-electron chi connectivity index (χ4n) is 3.12. The average Bonchev–Trinajstić information content (AvgIpc) is 3.03. The molecule has 1 fully saturated rings. The molecule has 0 unspecified atom stereocenters. The Kier molecular flexibility index (Phi) is 5.82. The van der Waals surface area contributed by atoms with Gasteiger partial charge in [0.2, 0.25) is 5.91 Å². The number of nitro benzene ring substituents is 1. The van der Waals surface area contributed by atoms with Crippen molar-refractivity contribution >= 4 is 17.3 Å². The number of amides is 1. The van der Waals surface area contributed by atoms with Crippen LogP contribution >= 0.6 is 0 Å². The molecule has 2 heterocycles. The lowest BCUT2D eigenvalue weighted by atomic mass is 10.2.